The Morgan fingerprint density at radius 3 is 2.05 bits per heavy atom. The highest BCUT2D eigenvalue weighted by Crippen LogP contribution is 2.39. The fraction of sp³-hybridized carbons (Fsp3) is 0.303. The van der Waals surface area contributed by atoms with Crippen molar-refractivity contribution >= 4 is 30.4 Å². The summed E-state index contributed by atoms with van der Waals surface area (Å²) in [6.07, 6.45) is 1.74. The van der Waals surface area contributed by atoms with Crippen molar-refractivity contribution in [2.45, 2.75) is 51.5 Å². The van der Waals surface area contributed by atoms with Crippen molar-refractivity contribution in [2.24, 2.45) is 5.92 Å². The summed E-state index contributed by atoms with van der Waals surface area (Å²) in [6, 6.07) is 31.5. The zero-order valence-electron chi connectivity index (χ0n) is 24.0. The van der Waals surface area contributed by atoms with Crippen molar-refractivity contribution in [3.05, 3.63) is 119 Å². The Balaban J connectivity index is 1.34. The van der Waals surface area contributed by atoms with Crippen molar-refractivity contribution in [2.75, 3.05) is 11.9 Å². The molecule has 2 heterocycles. The molecule has 0 unspecified atom stereocenters. The molecule has 212 valence electrons. The van der Waals surface area contributed by atoms with Gasteiger partial charge in [-0.2, -0.15) is 4.98 Å². The maximum Gasteiger partial charge on any atom is 0.351 e. The monoisotopic (exact) mass is 567 g/mol. The first-order valence-electron chi connectivity index (χ1n) is 14.0. The van der Waals surface area contributed by atoms with Crippen LogP contribution in [0.3, 0.4) is 0 Å². The standard InChI is InChI=1S/C33H37N3O4Si/c1-24-22-26(23-39-41(33(2,3)4,27-16-10-6-11-17-27)28-18-12-7-13-19-28)40-31(24)36-21-20-29(35-32(36)38)34-30(37)25-14-8-5-9-15-25/h5-21,24,26,31H,22-23H2,1-4H3,(H,34,35,37,38)/t24-,26+,31-/m1/s1. The van der Waals surface area contributed by atoms with E-state index in [4.69, 9.17) is 9.16 Å². The number of rotatable bonds is 8. The van der Waals surface area contributed by atoms with Crippen LogP contribution in [0.2, 0.25) is 5.04 Å². The molecule has 0 spiro atoms. The van der Waals surface area contributed by atoms with E-state index < -0.39 is 20.2 Å². The first kappa shape index (κ1) is 28.7. The second-order valence-corrected chi connectivity index (χ2v) is 16.0. The quantitative estimate of drug-likeness (QED) is 0.303. The van der Waals surface area contributed by atoms with E-state index in [9.17, 15) is 9.59 Å². The van der Waals surface area contributed by atoms with Crippen LogP contribution in [0.15, 0.2) is 108 Å². The molecule has 1 saturated heterocycles. The minimum atomic E-state index is -2.70. The Labute approximate surface area is 242 Å². The maximum absolute atomic E-state index is 13.0. The van der Waals surface area contributed by atoms with Gasteiger partial charge in [-0.15, -0.1) is 0 Å². The highest BCUT2D eigenvalue weighted by Gasteiger charge is 2.51. The van der Waals surface area contributed by atoms with Crippen LogP contribution in [-0.2, 0) is 9.16 Å². The Hall–Kier alpha value is -3.85. The molecule has 1 aliphatic rings. The molecular formula is C33H37N3O4Si. The number of hydrogen-bond donors (Lipinski definition) is 1. The van der Waals surface area contributed by atoms with Crippen LogP contribution in [0.1, 0.15) is 50.7 Å². The number of anilines is 1. The van der Waals surface area contributed by atoms with Gasteiger partial charge in [-0.25, -0.2) is 4.79 Å². The lowest BCUT2D eigenvalue weighted by molar-refractivity contribution is -0.0308. The topological polar surface area (TPSA) is 82.4 Å². The number of nitrogens with one attached hydrogen (secondary N) is 1. The van der Waals surface area contributed by atoms with Crippen LogP contribution in [0.4, 0.5) is 5.82 Å². The van der Waals surface area contributed by atoms with E-state index in [1.165, 1.54) is 14.9 Å². The first-order valence-corrected chi connectivity index (χ1v) is 16.0. The molecule has 0 bridgehead atoms. The van der Waals surface area contributed by atoms with E-state index in [-0.39, 0.29) is 28.8 Å². The van der Waals surface area contributed by atoms with E-state index >= 15 is 0 Å². The largest absolute Gasteiger partial charge is 0.405 e. The molecule has 4 aromatic rings. The molecule has 1 amide bonds. The molecule has 0 saturated carbocycles. The van der Waals surface area contributed by atoms with Gasteiger partial charge in [0.1, 0.15) is 12.0 Å². The van der Waals surface area contributed by atoms with Gasteiger partial charge in [-0.05, 0) is 40.0 Å². The zero-order valence-corrected chi connectivity index (χ0v) is 25.0. The maximum atomic E-state index is 13.0. The summed E-state index contributed by atoms with van der Waals surface area (Å²) in [5.74, 6) is -0.0365. The van der Waals surface area contributed by atoms with Crippen LogP contribution >= 0.6 is 0 Å². The van der Waals surface area contributed by atoms with Crippen molar-refractivity contribution in [1.29, 1.82) is 0 Å². The highest BCUT2D eigenvalue weighted by molar-refractivity contribution is 6.99. The van der Waals surface area contributed by atoms with Gasteiger partial charge in [0.15, 0.2) is 0 Å². The van der Waals surface area contributed by atoms with Crippen LogP contribution < -0.4 is 21.4 Å². The molecule has 3 aromatic carbocycles. The molecule has 1 N–H and O–H groups in total. The number of carbonyl (C=O) groups excluding carboxylic acids is 1. The summed E-state index contributed by atoms with van der Waals surface area (Å²) >= 11 is 0. The Kier molecular flexibility index (Phi) is 8.35. The summed E-state index contributed by atoms with van der Waals surface area (Å²) in [7, 11) is -2.70. The van der Waals surface area contributed by atoms with Gasteiger partial charge in [-0.3, -0.25) is 9.36 Å². The van der Waals surface area contributed by atoms with E-state index in [0.717, 1.165) is 6.42 Å². The second kappa shape index (κ2) is 11.9. The Morgan fingerprint density at radius 1 is 0.951 bits per heavy atom. The average molecular weight is 568 g/mol. The van der Waals surface area contributed by atoms with Crippen LogP contribution in [-0.4, -0.2) is 36.5 Å². The molecule has 0 aliphatic carbocycles. The molecule has 8 heteroatoms. The summed E-state index contributed by atoms with van der Waals surface area (Å²) in [5.41, 5.74) is 0.0243. The number of amides is 1. The van der Waals surface area contributed by atoms with Gasteiger partial charge >= 0.3 is 5.69 Å². The molecular weight excluding hydrogens is 530 g/mol. The number of nitrogens with zero attached hydrogens (tertiary/aromatic N) is 2. The SMILES string of the molecule is C[C@@H]1C[C@@H](CO[Si](c2ccccc2)(c2ccccc2)C(C)(C)C)O[C@H]1n1ccc(NC(=O)c2ccccc2)nc1=O. The molecule has 0 radical (unpaired) electrons. The average Bonchev–Trinajstić information content (AvgIpc) is 3.34. The number of ether oxygens (including phenoxy) is 1. The first-order chi connectivity index (χ1) is 19.7. The molecule has 1 fully saturated rings. The van der Waals surface area contributed by atoms with E-state index in [2.05, 4.69) is 86.5 Å². The Morgan fingerprint density at radius 2 is 1.51 bits per heavy atom. The highest BCUT2D eigenvalue weighted by atomic mass is 28.4. The fourth-order valence-corrected chi connectivity index (χ4v) is 10.4. The van der Waals surface area contributed by atoms with Crippen molar-refractivity contribution < 1.29 is 14.0 Å². The zero-order chi connectivity index (χ0) is 29.0. The number of benzene rings is 3. The lowest BCUT2D eigenvalue weighted by atomic mass is 10.1. The van der Waals surface area contributed by atoms with E-state index in [1.807, 2.05) is 18.2 Å². The normalized spacial score (nSPS) is 19.2. The molecule has 41 heavy (non-hydrogen) atoms. The second-order valence-electron chi connectivity index (χ2n) is 11.7. The third kappa shape index (κ3) is 5.95. The number of hydrogen-bond acceptors (Lipinski definition) is 5. The molecule has 1 aromatic heterocycles. The lowest BCUT2D eigenvalue weighted by Crippen LogP contribution is -2.67. The van der Waals surface area contributed by atoms with Gasteiger partial charge < -0.3 is 14.5 Å². The van der Waals surface area contributed by atoms with Gasteiger partial charge in [0.2, 0.25) is 0 Å². The summed E-state index contributed by atoms with van der Waals surface area (Å²) in [5, 5.41) is 5.00. The lowest BCUT2D eigenvalue weighted by Gasteiger charge is -2.43. The van der Waals surface area contributed by atoms with Gasteiger partial charge in [0.25, 0.3) is 14.2 Å². The predicted molar refractivity (Wildman–Crippen MR) is 164 cm³/mol. The third-order valence-corrected chi connectivity index (χ3v) is 12.7. The Bertz CT molecular complexity index is 1480. The molecule has 7 nitrogen and oxygen atoms in total. The van der Waals surface area contributed by atoms with Crippen molar-refractivity contribution in [3.8, 4) is 0 Å². The fourth-order valence-electron chi connectivity index (χ4n) is 5.80. The van der Waals surface area contributed by atoms with Crippen molar-refractivity contribution in [3.63, 3.8) is 0 Å². The van der Waals surface area contributed by atoms with Crippen LogP contribution in [0.25, 0.3) is 0 Å². The number of carbonyl (C=O) groups is 1. The van der Waals surface area contributed by atoms with Gasteiger partial charge in [0, 0.05) is 17.7 Å². The molecule has 5 rings (SSSR count). The van der Waals surface area contributed by atoms with Gasteiger partial charge in [-0.1, -0.05) is 107 Å². The molecule has 3 atom stereocenters. The van der Waals surface area contributed by atoms with E-state index in [1.54, 1.807) is 36.5 Å². The summed E-state index contributed by atoms with van der Waals surface area (Å²) in [4.78, 5) is 29.6. The van der Waals surface area contributed by atoms with Gasteiger partial charge in [0.05, 0.1) is 12.7 Å². The number of aromatic nitrogens is 2. The van der Waals surface area contributed by atoms with Crippen molar-refractivity contribution in [1.82, 2.24) is 9.55 Å². The molecule has 1 aliphatic heterocycles. The summed E-state index contributed by atoms with van der Waals surface area (Å²) in [6.45, 7) is 9.25. The summed E-state index contributed by atoms with van der Waals surface area (Å²) < 4.78 is 15.0. The van der Waals surface area contributed by atoms with Crippen LogP contribution in [0, 0.1) is 5.92 Å². The predicted octanol–water partition coefficient (Wildman–Crippen LogP) is 5.00. The van der Waals surface area contributed by atoms with Crippen LogP contribution in [0.5, 0.6) is 0 Å². The minimum absolute atomic E-state index is 0.0759. The smallest absolute Gasteiger partial charge is 0.351 e. The van der Waals surface area contributed by atoms with E-state index in [0.29, 0.717) is 12.2 Å². The minimum Gasteiger partial charge on any atom is -0.405 e. The third-order valence-electron chi connectivity index (χ3n) is 7.74.